The summed E-state index contributed by atoms with van der Waals surface area (Å²) in [5.74, 6) is -0.896. The molecule has 0 aliphatic carbocycles. The zero-order valence-electron chi connectivity index (χ0n) is 19.4. The zero-order chi connectivity index (χ0) is 25.2. The van der Waals surface area contributed by atoms with Crippen LogP contribution in [-0.4, -0.2) is 53.2 Å². The lowest BCUT2D eigenvalue weighted by Crippen LogP contribution is -2.42. The van der Waals surface area contributed by atoms with Crippen LogP contribution < -0.4 is 27.2 Å². The molecular weight excluding hydrogens is 452 g/mol. The van der Waals surface area contributed by atoms with E-state index in [9.17, 15) is 19.2 Å². The fourth-order valence-electron chi connectivity index (χ4n) is 3.51. The van der Waals surface area contributed by atoms with E-state index in [0.717, 1.165) is 5.56 Å². The van der Waals surface area contributed by atoms with Gasteiger partial charge in [-0.2, -0.15) is 0 Å². The Bertz CT molecular complexity index is 1260. The summed E-state index contributed by atoms with van der Waals surface area (Å²) in [5.41, 5.74) is 5.94. The maximum atomic E-state index is 13.1. The van der Waals surface area contributed by atoms with E-state index in [0.29, 0.717) is 18.6 Å². The van der Waals surface area contributed by atoms with Crippen LogP contribution in [-0.2, 0) is 16.1 Å². The number of ether oxygens (including phenoxy) is 1. The third-order valence-electron chi connectivity index (χ3n) is 5.27. The van der Waals surface area contributed by atoms with Crippen molar-refractivity contribution in [2.45, 2.75) is 19.4 Å². The van der Waals surface area contributed by atoms with Crippen molar-refractivity contribution in [3.63, 3.8) is 0 Å². The molecule has 0 bridgehead atoms. The van der Waals surface area contributed by atoms with E-state index in [1.165, 1.54) is 29.0 Å². The van der Waals surface area contributed by atoms with Crippen molar-refractivity contribution in [3.05, 3.63) is 86.8 Å². The molecule has 1 aromatic carbocycles. The summed E-state index contributed by atoms with van der Waals surface area (Å²) >= 11 is 0. The summed E-state index contributed by atoms with van der Waals surface area (Å²) in [6.07, 6.45) is 3.34. The third kappa shape index (κ3) is 6.64. The van der Waals surface area contributed by atoms with Crippen molar-refractivity contribution in [1.82, 2.24) is 19.9 Å². The van der Waals surface area contributed by atoms with Gasteiger partial charge in [0.05, 0.1) is 6.54 Å². The molecule has 0 saturated carbocycles. The topological polar surface area (TPSA) is 152 Å². The highest BCUT2D eigenvalue weighted by molar-refractivity contribution is 5.97. The van der Waals surface area contributed by atoms with Crippen molar-refractivity contribution in [2.24, 2.45) is 0 Å². The SMILES string of the molecule is COCCCN(C(=O)CCNC(=O)c1ccncc1)c1c(N)n(Cc2ccccc2)c(=O)[nH]c1=O. The minimum absolute atomic E-state index is 0.0439. The second-order valence-corrected chi connectivity index (χ2v) is 7.70. The number of nitrogens with one attached hydrogen (secondary N) is 2. The molecule has 0 saturated heterocycles. The van der Waals surface area contributed by atoms with Gasteiger partial charge in [0.15, 0.2) is 5.69 Å². The summed E-state index contributed by atoms with van der Waals surface area (Å²) in [6.45, 7) is 0.658. The largest absolute Gasteiger partial charge is 0.385 e. The number of H-pyrrole nitrogens is 1. The van der Waals surface area contributed by atoms with Crippen LogP contribution in [0.3, 0.4) is 0 Å². The maximum Gasteiger partial charge on any atom is 0.330 e. The Kier molecular flexibility index (Phi) is 8.90. The first-order chi connectivity index (χ1) is 16.9. The van der Waals surface area contributed by atoms with Gasteiger partial charge in [-0.25, -0.2) is 4.79 Å². The molecule has 0 unspecified atom stereocenters. The molecule has 2 aromatic heterocycles. The van der Waals surface area contributed by atoms with Crippen LogP contribution in [0.4, 0.5) is 11.5 Å². The lowest BCUT2D eigenvalue weighted by atomic mass is 10.2. The van der Waals surface area contributed by atoms with E-state index < -0.39 is 17.2 Å². The van der Waals surface area contributed by atoms with Crippen LogP contribution >= 0.6 is 0 Å². The number of amides is 2. The number of hydrogen-bond donors (Lipinski definition) is 3. The predicted molar refractivity (Wildman–Crippen MR) is 131 cm³/mol. The minimum Gasteiger partial charge on any atom is -0.385 e. The smallest absolute Gasteiger partial charge is 0.330 e. The van der Waals surface area contributed by atoms with E-state index in [1.807, 2.05) is 30.3 Å². The molecule has 0 aliphatic rings. The monoisotopic (exact) mass is 480 g/mol. The molecule has 3 aromatic rings. The maximum absolute atomic E-state index is 13.1. The van der Waals surface area contributed by atoms with E-state index in [-0.39, 0.29) is 43.5 Å². The average molecular weight is 481 g/mol. The molecule has 0 atom stereocenters. The number of pyridine rings is 1. The number of benzene rings is 1. The van der Waals surface area contributed by atoms with Crippen LogP contribution in [0.2, 0.25) is 0 Å². The van der Waals surface area contributed by atoms with Gasteiger partial charge in [0.25, 0.3) is 11.5 Å². The van der Waals surface area contributed by atoms with Crippen LogP contribution in [0.25, 0.3) is 0 Å². The molecule has 0 aliphatic heterocycles. The van der Waals surface area contributed by atoms with E-state index in [2.05, 4.69) is 15.3 Å². The van der Waals surface area contributed by atoms with Crippen LogP contribution in [0, 0.1) is 0 Å². The fraction of sp³-hybridized carbons (Fsp3) is 0.292. The third-order valence-corrected chi connectivity index (χ3v) is 5.27. The van der Waals surface area contributed by atoms with E-state index in [4.69, 9.17) is 10.5 Å². The molecule has 184 valence electrons. The van der Waals surface area contributed by atoms with Gasteiger partial charge in [-0.15, -0.1) is 0 Å². The van der Waals surface area contributed by atoms with Gasteiger partial charge in [0, 0.05) is 51.2 Å². The quantitative estimate of drug-likeness (QED) is 0.342. The molecule has 2 amide bonds. The normalized spacial score (nSPS) is 10.7. The van der Waals surface area contributed by atoms with Crippen molar-refractivity contribution in [1.29, 1.82) is 0 Å². The number of aromatic nitrogens is 3. The Morgan fingerprint density at radius 3 is 2.54 bits per heavy atom. The molecule has 3 rings (SSSR count). The molecule has 35 heavy (non-hydrogen) atoms. The summed E-state index contributed by atoms with van der Waals surface area (Å²) in [4.78, 5) is 58.0. The Morgan fingerprint density at radius 1 is 1.14 bits per heavy atom. The second kappa shape index (κ2) is 12.3. The van der Waals surface area contributed by atoms with Gasteiger partial charge in [0.2, 0.25) is 5.91 Å². The number of nitrogen functional groups attached to an aromatic ring is 1. The van der Waals surface area contributed by atoms with Crippen LogP contribution in [0.1, 0.15) is 28.8 Å². The van der Waals surface area contributed by atoms with Gasteiger partial charge < -0.3 is 20.7 Å². The molecule has 0 spiro atoms. The Hall–Kier alpha value is -4.25. The molecule has 0 radical (unpaired) electrons. The number of carbonyl (C=O) groups is 2. The van der Waals surface area contributed by atoms with Crippen LogP contribution in [0.15, 0.2) is 64.4 Å². The zero-order valence-corrected chi connectivity index (χ0v) is 19.4. The van der Waals surface area contributed by atoms with E-state index >= 15 is 0 Å². The van der Waals surface area contributed by atoms with E-state index in [1.54, 1.807) is 12.1 Å². The number of rotatable bonds is 11. The van der Waals surface area contributed by atoms with Crippen molar-refractivity contribution >= 4 is 23.3 Å². The lowest BCUT2D eigenvalue weighted by Gasteiger charge is -2.24. The average Bonchev–Trinajstić information content (AvgIpc) is 2.86. The number of nitrogens with two attached hydrogens (primary N) is 1. The Morgan fingerprint density at radius 2 is 1.86 bits per heavy atom. The first kappa shape index (κ1) is 25.4. The number of methoxy groups -OCH3 is 1. The van der Waals surface area contributed by atoms with Crippen LogP contribution in [0.5, 0.6) is 0 Å². The number of anilines is 2. The number of aromatic amines is 1. The number of hydrogen-bond acceptors (Lipinski definition) is 7. The van der Waals surface area contributed by atoms with Gasteiger partial charge in [-0.1, -0.05) is 30.3 Å². The standard InChI is InChI=1S/C24H28N6O5/c1-35-15-5-14-29(19(31)10-13-27-22(32)18-8-11-26-12-9-18)20-21(25)30(24(34)28-23(20)33)16-17-6-3-2-4-7-17/h2-4,6-9,11-12H,5,10,13-16,25H2,1H3,(H,27,32)(H,28,33,34). The van der Waals surface area contributed by atoms with Gasteiger partial charge in [-0.05, 0) is 24.1 Å². The summed E-state index contributed by atoms with van der Waals surface area (Å²) < 4.78 is 6.30. The summed E-state index contributed by atoms with van der Waals surface area (Å²) in [5, 5.41) is 2.67. The highest BCUT2D eigenvalue weighted by Crippen LogP contribution is 2.19. The second-order valence-electron chi connectivity index (χ2n) is 7.70. The molecule has 0 fully saturated rings. The van der Waals surface area contributed by atoms with Gasteiger partial charge >= 0.3 is 5.69 Å². The highest BCUT2D eigenvalue weighted by atomic mass is 16.5. The fourth-order valence-corrected chi connectivity index (χ4v) is 3.51. The highest BCUT2D eigenvalue weighted by Gasteiger charge is 2.24. The van der Waals surface area contributed by atoms with Crippen molar-refractivity contribution in [2.75, 3.05) is 37.4 Å². The summed E-state index contributed by atoms with van der Waals surface area (Å²) in [7, 11) is 1.53. The molecule has 4 N–H and O–H groups in total. The van der Waals surface area contributed by atoms with Gasteiger partial charge in [-0.3, -0.25) is 28.9 Å². The molecular formula is C24H28N6O5. The Balaban J connectivity index is 1.83. The predicted octanol–water partition coefficient (Wildman–Crippen LogP) is 0.752. The van der Waals surface area contributed by atoms with Crippen molar-refractivity contribution < 1.29 is 14.3 Å². The van der Waals surface area contributed by atoms with Crippen molar-refractivity contribution in [3.8, 4) is 0 Å². The minimum atomic E-state index is -0.761. The molecule has 11 heteroatoms. The lowest BCUT2D eigenvalue weighted by molar-refractivity contribution is -0.118. The Labute approximate surface area is 201 Å². The number of carbonyl (C=O) groups excluding carboxylic acids is 2. The summed E-state index contributed by atoms with van der Waals surface area (Å²) in [6, 6.07) is 12.3. The molecule has 2 heterocycles. The van der Waals surface area contributed by atoms with Gasteiger partial charge in [0.1, 0.15) is 5.82 Å². The number of nitrogens with zero attached hydrogens (tertiary/aromatic N) is 3. The first-order valence-corrected chi connectivity index (χ1v) is 11.1. The first-order valence-electron chi connectivity index (χ1n) is 11.1. The molecule has 11 nitrogen and oxygen atoms in total.